The molecule has 2 amide bonds. The highest BCUT2D eigenvalue weighted by molar-refractivity contribution is 14.1. The van der Waals surface area contributed by atoms with E-state index in [0.29, 0.717) is 12.0 Å². The number of primary amides is 1. The maximum absolute atomic E-state index is 13.5. The van der Waals surface area contributed by atoms with Crippen molar-refractivity contribution in [2.45, 2.75) is 65.0 Å². The number of halogens is 1. The van der Waals surface area contributed by atoms with E-state index in [1.807, 2.05) is 6.92 Å². The first-order valence-corrected chi connectivity index (χ1v) is 14.2. The number of Topliss-reactive ketones (excluding diaryl/α,β-unsaturated/α-hetero) is 2. The highest BCUT2D eigenvalue weighted by atomic mass is 127. The molecule has 4 N–H and O–H groups in total. The molecule has 0 aromatic carbocycles. The molecule has 1 aliphatic carbocycles. The minimum absolute atomic E-state index is 0.0369. The Morgan fingerprint density at radius 3 is 2.32 bits per heavy atom. The second kappa shape index (κ2) is 15.4. The normalized spacial score (nSPS) is 32.5. The van der Waals surface area contributed by atoms with Crippen molar-refractivity contribution in [3.05, 3.63) is 56.1 Å². The summed E-state index contributed by atoms with van der Waals surface area (Å²) in [7, 11) is 4.23. The lowest BCUT2D eigenvalue weighted by Gasteiger charge is -2.30. The van der Waals surface area contributed by atoms with Crippen LogP contribution in [0.3, 0.4) is 0 Å². The van der Waals surface area contributed by atoms with Crippen LogP contribution >= 0.6 is 22.6 Å². The average molecular weight is 687 g/mol. The van der Waals surface area contributed by atoms with E-state index in [-0.39, 0.29) is 38.5 Å². The molecular weight excluding hydrogens is 647 g/mol. The Balaban J connectivity index is 2.65. The highest BCUT2D eigenvalue weighted by Crippen LogP contribution is 2.33. The zero-order valence-corrected chi connectivity index (χ0v) is 26.5. The monoisotopic (exact) mass is 686 g/mol. The van der Waals surface area contributed by atoms with E-state index in [1.165, 1.54) is 27.4 Å². The van der Waals surface area contributed by atoms with Gasteiger partial charge < -0.3 is 35.1 Å². The molecule has 6 atom stereocenters. The number of carbonyl (C=O) groups excluding carboxylic acids is 4. The summed E-state index contributed by atoms with van der Waals surface area (Å²) in [6, 6.07) is 0. The summed E-state index contributed by atoms with van der Waals surface area (Å²) in [5.41, 5.74) is 6.17. The number of ketones is 2. The van der Waals surface area contributed by atoms with Crippen molar-refractivity contribution >= 4 is 46.2 Å². The van der Waals surface area contributed by atoms with E-state index in [1.54, 1.807) is 61.6 Å². The third-order valence-electron chi connectivity index (χ3n) is 7.05. The molecule has 11 nitrogen and oxygen atoms in total. The summed E-state index contributed by atoms with van der Waals surface area (Å²) in [5.74, 6) is -2.34. The Bertz CT molecular complexity index is 1200. The number of allylic oxidation sites excluding steroid dienone is 4. The number of nitrogens with one attached hydrogen (secondary N) is 1. The molecule has 1 aliphatic heterocycles. The van der Waals surface area contributed by atoms with Gasteiger partial charge in [-0.2, -0.15) is 0 Å². The van der Waals surface area contributed by atoms with Crippen LogP contribution < -0.4 is 11.1 Å². The van der Waals surface area contributed by atoms with E-state index in [2.05, 4.69) is 5.32 Å². The van der Waals surface area contributed by atoms with Crippen molar-refractivity contribution < 1.29 is 43.2 Å². The number of ether oxygens (including phenoxy) is 4. The van der Waals surface area contributed by atoms with Gasteiger partial charge >= 0.3 is 6.09 Å². The number of rotatable bonds is 4. The van der Waals surface area contributed by atoms with Gasteiger partial charge in [0.05, 0.1) is 22.9 Å². The van der Waals surface area contributed by atoms with Crippen molar-refractivity contribution in [1.82, 2.24) is 5.32 Å². The van der Waals surface area contributed by atoms with E-state index in [0.717, 1.165) is 0 Å². The fraction of sp³-hybridized carbons (Fsp3) is 0.517. The van der Waals surface area contributed by atoms with Crippen LogP contribution in [-0.2, 0) is 33.3 Å². The third kappa shape index (κ3) is 8.60. The fourth-order valence-electron chi connectivity index (χ4n) is 4.81. The molecule has 1 heterocycles. The van der Waals surface area contributed by atoms with Gasteiger partial charge in [-0.3, -0.25) is 14.4 Å². The first-order valence-electron chi connectivity index (χ1n) is 13.1. The van der Waals surface area contributed by atoms with Gasteiger partial charge in [0.15, 0.2) is 11.9 Å². The number of aliphatic hydroxyl groups is 1. The molecule has 12 heteroatoms. The SMILES string of the molecule is COC1=C2C[C@@H](C)C[C@H](OC)[C@H](O)[C@@H](C)/C=C(/C)[C@H](OC(N)=O)[C@@H](OC)/C=C\C=C(\C)C(=O)NC(=C(I)C1=O)C2=O. The number of hydrogen-bond acceptors (Lipinski definition) is 9. The number of hydrogen-bond donors (Lipinski definition) is 3. The fourth-order valence-corrected chi connectivity index (χ4v) is 5.44. The first-order chi connectivity index (χ1) is 19.3. The van der Waals surface area contributed by atoms with Gasteiger partial charge in [-0.05, 0) is 60.8 Å². The molecule has 0 aromatic heterocycles. The van der Waals surface area contributed by atoms with Gasteiger partial charge in [0.2, 0.25) is 11.6 Å². The maximum atomic E-state index is 13.5. The van der Waals surface area contributed by atoms with Crippen molar-refractivity contribution in [2.24, 2.45) is 17.6 Å². The van der Waals surface area contributed by atoms with Crippen LogP contribution in [0.2, 0.25) is 0 Å². The molecule has 0 aromatic rings. The first kappa shape index (κ1) is 34.4. The Kier molecular flexibility index (Phi) is 12.9. The van der Waals surface area contributed by atoms with Gasteiger partial charge in [0.1, 0.15) is 11.8 Å². The van der Waals surface area contributed by atoms with E-state index >= 15 is 0 Å². The molecule has 226 valence electrons. The zero-order valence-electron chi connectivity index (χ0n) is 24.4. The lowest BCUT2D eigenvalue weighted by Crippen LogP contribution is -2.37. The van der Waals surface area contributed by atoms with Crippen LogP contribution in [0.25, 0.3) is 0 Å². The quantitative estimate of drug-likeness (QED) is 0.229. The Labute approximate surface area is 254 Å². The number of methoxy groups -OCH3 is 3. The minimum Gasteiger partial charge on any atom is -0.492 e. The van der Waals surface area contributed by atoms with Crippen molar-refractivity contribution in [2.75, 3.05) is 21.3 Å². The lowest BCUT2D eigenvalue weighted by molar-refractivity contribution is -0.121. The summed E-state index contributed by atoms with van der Waals surface area (Å²) in [4.78, 5) is 51.3. The molecule has 41 heavy (non-hydrogen) atoms. The predicted octanol–water partition coefficient (Wildman–Crippen LogP) is 3.17. The number of aliphatic hydroxyl groups excluding tert-OH is 1. The Morgan fingerprint density at radius 1 is 1.10 bits per heavy atom. The Morgan fingerprint density at radius 2 is 1.76 bits per heavy atom. The van der Waals surface area contributed by atoms with Crippen LogP contribution in [0.15, 0.2) is 56.1 Å². The van der Waals surface area contributed by atoms with Crippen molar-refractivity contribution in [3.63, 3.8) is 0 Å². The van der Waals surface area contributed by atoms with Gasteiger partial charge in [-0.25, -0.2) is 4.79 Å². The van der Waals surface area contributed by atoms with Gasteiger partial charge in [-0.1, -0.05) is 38.2 Å². The molecule has 2 bridgehead atoms. The summed E-state index contributed by atoms with van der Waals surface area (Å²) in [6.45, 7) is 6.94. The van der Waals surface area contributed by atoms with E-state index < -0.39 is 53.9 Å². The summed E-state index contributed by atoms with van der Waals surface area (Å²) in [5, 5.41) is 13.8. The predicted molar refractivity (Wildman–Crippen MR) is 160 cm³/mol. The second-order valence-corrected chi connectivity index (χ2v) is 11.3. The van der Waals surface area contributed by atoms with E-state index in [9.17, 15) is 24.3 Å². The van der Waals surface area contributed by atoms with Crippen LogP contribution in [0, 0.1) is 11.8 Å². The van der Waals surface area contributed by atoms with Crippen LogP contribution in [0.5, 0.6) is 0 Å². The summed E-state index contributed by atoms with van der Waals surface area (Å²) >= 11 is 1.73. The molecule has 0 fully saturated rings. The third-order valence-corrected chi connectivity index (χ3v) is 8.08. The number of amides is 2. The van der Waals surface area contributed by atoms with Crippen molar-refractivity contribution in [3.8, 4) is 0 Å². The second-order valence-electron chi connectivity index (χ2n) is 10.2. The molecule has 0 radical (unpaired) electrons. The van der Waals surface area contributed by atoms with Crippen LogP contribution in [0.4, 0.5) is 4.79 Å². The minimum atomic E-state index is -1.00. The van der Waals surface area contributed by atoms with E-state index in [4.69, 9.17) is 24.7 Å². The number of fused-ring (bicyclic) bond motifs is 2. The largest absolute Gasteiger partial charge is 0.492 e. The van der Waals surface area contributed by atoms with Crippen LogP contribution in [-0.4, -0.2) is 74.4 Å². The Hall–Kier alpha value is -2.81. The molecular formula is C29H39IN2O9. The maximum Gasteiger partial charge on any atom is 0.405 e. The topological polar surface area (TPSA) is 163 Å². The summed E-state index contributed by atoms with van der Waals surface area (Å²) in [6.07, 6.45) is 2.56. The highest BCUT2D eigenvalue weighted by Gasteiger charge is 2.37. The average Bonchev–Trinajstić information content (AvgIpc) is 2.92. The zero-order chi connectivity index (χ0) is 31.0. The number of nitrogens with two attached hydrogens (primary N) is 1. The lowest BCUT2D eigenvalue weighted by atomic mass is 9.85. The molecule has 0 saturated carbocycles. The molecule has 2 rings (SSSR count). The molecule has 0 spiro atoms. The molecule has 0 saturated heterocycles. The molecule has 0 unspecified atom stereocenters. The summed E-state index contributed by atoms with van der Waals surface area (Å²) < 4.78 is 21.9. The number of carbonyl (C=O) groups is 4. The molecule has 2 aliphatic rings. The van der Waals surface area contributed by atoms with Crippen LogP contribution in [0.1, 0.15) is 40.5 Å². The standard InChI is InChI=1S/C29H39IN2O9/c1-14-11-18-24(34)22(21(30)25(35)27(18)40-7)32-28(36)15(2)9-8-10-19(38-5)26(41-29(31)37)17(4)13-16(3)23(33)20(12-14)39-6/h8-10,13-14,16,19-20,23,26,33H,11-12H2,1-7H3,(H2,31,37)(H,32,36)/b10-8-,15-9-,17-13-/t14-,16+,19+,20+,23-,26+/m1/s1. The van der Waals surface area contributed by atoms with Gasteiger partial charge in [0.25, 0.3) is 5.91 Å². The van der Waals surface area contributed by atoms with Crippen molar-refractivity contribution in [1.29, 1.82) is 0 Å². The smallest absolute Gasteiger partial charge is 0.405 e. The van der Waals surface area contributed by atoms with Gasteiger partial charge in [0, 0.05) is 31.3 Å². The van der Waals surface area contributed by atoms with Gasteiger partial charge in [-0.15, -0.1) is 0 Å².